The normalized spacial score (nSPS) is 6.73. The van der Waals surface area contributed by atoms with Gasteiger partial charge in [-0.05, 0) is 19.9 Å². The summed E-state index contributed by atoms with van der Waals surface area (Å²) in [5.74, 6) is 0.0324. The maximum Gasteiger partial charge on any atom is 0.143 e. The highest BCUT2D eigenvalue weighted by Crippen LogP contribution is 1.57. The molecule has 0 saturated heterocycles. The Kier molecular flexibility index (Phi) is 34.8. The predicted molar refractivity (Wildman–Crippen MR) is 54.7 cm³/mol. The number of carbonyl (C=O) groups excluding carboxylic acids is 1. The molecule has 0 saturated carbocycles. The predicted octanol–water partition coefficient (Wildman–Crippen LogP) is 1.41. The molecule has 0 heterocycles. The number of carbonyl (C=O) groups is 1. The highest BCUT2D eigenvalue weighted by atomic mass is 16.1. The summed E-state index contributed by atoms with van der Waals surface area (Å²) < 4.78 is 0. The summed E-state index contributed by atoms with van der Waals surface area (Å²) in [7, 11) is 0. The van der Waals surface area contributed by atoms with Gasteiger partial charge in [0.2, 0.25) is 0 Å². The summed E-state index contributed by atoms with van der Waals surface area (Å²) in [6.07, 6.45) is 1.10. The zero-order chi connectivity index (χ0) is 9.70. The number of hydrogen-bond acceptors (Lipinski definition) is 3. The van der Waals surface area contributed by atoms with Crippen LogP contribution in [-0.2, 0) is 4.79 Å². The molecule has 0 rings (SSSR count). The Balaban J connectivity index is -0.0000000246. The van der Waals surface area contributed by atoms with Crippen molar-refractivity contribution < 1.29 is 7.65 Å². The number of ketones is 1. The molecule has 3 heteroatoms. The van der Waals surface area contributed by atoms with Crippen molar-refractivity contribution in [2.75, 3.05) is 13.1 Å². The Morgan fingerprint density at radius 3 is 1.55 bits per heavy atom. The molecule has 11 heavy (non-hydrogen) atoms. The van der Waals surface area contributed by atoms with Crippen LogP contribution < -0.4 is 11.5 Å². The van der Waals surface area contributed by atoms with Gasteiger partial charge in [0.1, 0.15) is 5.78 Å². The fourth-order valence-corrected chi connectivity index (χ4v) is 0. The molecular weight excluding hydrogens is 140 g/mol. The zero-order valence-corrected chi connectivity index (χ0v) is 8.18. The van der Waals surface area contributed by atoms with Gasteiger partial charge in [-0.25, -0.2) is 0 Å². The largest absolute Gasteiger partial charge is 0.330 e. The van der Waals surface area contributed by atoms with Gasteiger partial charge in [-0.2, -0.15) is 0 Å². The van der Waals surface area contributed by atoms with Crippen LogP contribution in [0, 0.1) is 0 Å². The average molecular weight is 166 g/mol. The van der Waals surface area contributed by atoms with E-state index in [4.69, 9.17) is 11.5 Å². The quantitative estimate of drug-likeness (QED) is 0.651. The smallest absolute Gasteiger partial charge is 0.143 e. The Hall–Kier alpha value is -0.410. The number of hydrogen-bond donors (Lipinski definition) is 2. The van der Waals surface area contributed by atoms with Crippen LogP contribution in [0.25, 0.3) is 0 Å². The number of rotatable bonds is 2. The van der Waals surface area contributed by atoms with Crippen LogP contribution in [-0.4, -0.2) is 18.9 Å². The number of Topliss-reactive ketones (excluding diaryl/α,β-unsaturated/α-hetero) is 1. The fourth-order valence-electron chi connectivity index (χ4n) is 0. The van der Waals surface area contributed by atoms with E-state index >= 15 is 0 Å². The van der Waals surface area contributed by atoms with E-state index in [1.54, 1.807) is 0 Å². The molecule has 4 N–H and O–H groups in total. The molecule has 0 aliphatic heterocycles. The van der Waals surface area contributed by atoms with Gasteiger partial charge < -0.3 is 11.5 Å². The minimum atomic E-state index is 0. The first-order valence-electron chi connectivity index (χ1n) is 4.08. The SMILES string of the molecule is CC.CC(=O)CN.CCCN.[HH].[HH]. The minimum Gasteiger partial charge on any atom is -0.330 e. The molecule has 0 aliphatic carbocycles. The van der Waals surface area contributed by atoms with Crippen molar-refractivity contribution in [1.82, 2.24) is 0 Å². The molecule has 0 fully saturated rings. The van der Waals surface area contributed by atoms with Crippen LogP contribution in [0.1, 0.15) is 37.0 Å². The number of nitrogens with two attached hydrogens (primary N) is 2. The van der Waals surface area contributed by atoms with Crippen molar-refractivity contribution in [2.45, 2.75) is 34.1 Å². The molecular formula is C8H26N2O. The Morgan fingerprint density at radius 2 is 1.55 bits per heavy atom. The highest BCUT2D eigenvalue weighted by Gasteiger charge is 1.76. The maximum absolute atomic E-state index is 9.69. The lowest BCUT2D eigenvalue weighted by Crippen LogP contribution is -2.07. The van der Waals surface area contributed by atoms with Crippen molar-refractivity contribution in [2.24, 2.45) is 11.5 Å². The summed E-state index contributed by atoms with van der Waals surface area (Å²) in [5, 5.41) is 0. The van der Waals surface area contributed by atoms with Gasteiger partial charge in [0.05, 0.1) is 6.54 Å². The Bertz CT molecular complexity index is 71.2. The second-order valence-electron chi connectivity index (χ2n) is 1.69. The second kappa shape index (κ2) is 22.6. The zero-order valence-electron chi connectivity index (χ0n) is 8.18. The lowest BCUT2D eigenvalue weighted by Gasteiger charge is -1.73. The molecule has 0 radical (unpaired) electrons. The van der Waals surface area contributed by atoms with Crippen molar-refractivity contribution in [3.8, 4) is 0 Å². The third kappa shape index (κ3) is 82.4. The van der Waals surface area contributed by atoms with Crippen LogP contribution >= 0.6 is 0 Å². The summed E-state index contributed by atoms with van der Waals surface area (Å²) in [5.41, 5.74) is 9.85. The van der Waals surface area contributed by atoms with Gasteiger partial charge in [-0.15, -0.1) is 0 Å². The summed E-state index contributed by atoms with van der Waals surface area (Å²) >= 11 is 0. The first kappa shape index (κ1) is 16.9. The molecule has 0 aromatic heterocycles. The van der Waals surface area contributed by atoms with E-state index in [1.807, 2.05) is 13.8 Å². The molecule has 0 aromatic rings. The summed E-state index contributed by atoms with van der Waals surface area (Å²) in [4.78, 5) is 9.69. The van der Waals surface area contributed by atoms with E-state index in [0.717, 1.165) is 13.0 Å². The van der Waals surface area contributed by atoms with Gasteiger partial charge in [-0.3, -0.25) is 4.79 Å². The lowest BCUT2D eigenvalue weighted by atomic mass is 10.5. The van der Waals surface area contributed by atoms with E-state index < -0.39 is 0 Å². The summed E-state index contributed by atoms with van der Waals surface area (Å²) in [6, 6.07) is 0. The Labute approximate surface area is 73.1 Å². The van der Waals surface area contributed by atoms with Crippen molar-refractivity contribution in [1.29, 1.82) is 0 Å². The first-order valence-corrected chi connectivity index (χ1v) is 4.08. The van der Waals surface area contributed by atoms with Crippen LogP contribution in [0.3, 0.4) is 0 Å². The van der Waals surface area contributed by atoms with Crippen molar-refractivity contribution in [3.63, 3.8) is 0 Å². The van der Waals surface area contributed by atoms with Crippen LogP contribution in [0.5, 0.6) is 0 Å². The van der Waals surface area contributed by atoms with Crippen LogP contribution in [0.2, 0.25) is 0 Å². The molecule has 0 amide bonds. The molecule has 3 nitrogen and oxygen atoms in total. The van der Waals surface area contributed by atoms with Gasteiger partial charge in [0, 0.05) is 2.85 Å². The maximum atomic E-state index is 9.69. The van der Waals surface area contributed by atoms with Crippen molar-refractivity contribution in [3.05, 3.63) is 0 Å². The van der Waals surface area contributed by atoms with E-state index in [1.165, 1.54) is 6.92 Å². The molecule has 0 spiro atoms. The minimum absolute atomic E-state index is 0. The summed E-state index contributed by atoms with van der Waals surface area (Å²) in [6.45, 7) is 8.50. The molecule has 0 aromatic carbocycles. The molecule has 0 unspecified atom stereocenters. The van der Waals surface area contributed by atoms with E-state index in [0.29, 0.717) is 0 Å². The standard InChI is InChI=1S/C3H7NO.C3H9N.C2H6.2H2/c1-3(5)2-4;1-2-3-4;1-2;;/h2,4H2,1H3;2-4H2,1H3;1-2H3;2*1H. The van der Waals surface area contributed by atoms with Crippen LogP contribution in [0.15, 0.2) is 0 Å². The van der Waals surface area contributed by atoms with Gasteiger partial charge in [-0.1, -0.05) is 20.8 Å². The monoisotopic (exact) mass is 166 g/mol. The van der Waals surface area contributed by atoms with Gasteiger partial charge in [0.25, 0.3) is 0 Å². The average Bonchev–Trinajstić information content (AvgIpc) is 2.08. The molecule has 74 valence electrons. The lowest BCUT2D eigenvalue weighted by molar-refractivity contribution is -0.115. The van der Waals surface area contributed by atoms with E-state index in [2.05, 4.69) is 6.92 Å². The second-order valence-corrected chi connectivity index (χ2v) is 1.69. The van der Waals surface area contributed by atoms with Crippen LogP contribution in [0.4, 0.5) is 0 Å². The topological polar surface area (TPSA) is 69.1 Å². The molecule has 0 aliphatic rings. The van der Waals surface area contributed by atoms with E-state index in [-0.39, 0.29) is 15.2 Å². The first-order chi connectivity index (χ1) is 5.18. The molecule has 0 bridgehead atoms. The fraction of sp³-hybridized carbons (Fsp3) is 0.875. The van der Waals surface area contributed by atoms with E-state index in [9.17, 15) is 4.79 Å². The third-order valence-electron chi connectivity index (χ3n) is 0.576. The third-order valence-corrected chi connectivity index (χ3v) is 0.576. The van der Waals surface area contributed by atoms with Gasteiger partial charge >= 0.3 is 0 Å². The molecule has 0 atom stereocenters. The van der Waals surface area contributed by atoms with Gasteiger partial charge in [0.15, 0.2) is 0 Å². The van der Waals surface area contributed by atoms with Crippen molar-refractivity contribution >= 4 is 5.78 Å². The Morgan fingerprint density at radius 1 is 1.36 bits per heavy atom. The highest BCUT2D eigenvalue weighted by molar-refractivity contribution is 5.77.